The summed E-state index contributed by atoms with van der Waals surface area (Å²) in [5, 5.41) is 11.6. The maximum atomic E-state index is 12.3. The van der Waals surface area contributed by atoms with Gasteiger partial charge in [0.05, 0.1) is 4.92 Å². The molecular weight excluding hydrogens is 336 g/mol. The van der Waals surface area contributed by atoms with Crippen molar-refractivity contribution >= 4 is 17.5 Å². The highest BCUT2D eigenvalue weighted by Crippen LogP contribution is 2.37. The highest BCUT2D eigenvalue weighted by atomic mass is 16.6. The molecule has 0 unspecified atom stereocenters. The molecule has 7 nitrogen and oxygen atoms in total. The van der Waals surface area contributed by atoms with Crippen molar-refractivity contribution in [1.82, 2.24) is 0 Å². The molecule has 0 fully saturated rings. The van der Waals surface area contributed by atoms with Crippen molar-refractivity contribution in [3.63, 3.8) is 0 Å². The minimum atomic E-state index is -0.707. The maximum Gasteiger partial charge on any atom is 0.414 e. The van der Waals surface area contributed by atoms with Crippen molar-refractivity contribution < 1.29 is 19.2 Å². The van der Waals surface area contributed by atoms with E-state index < -0.39 is 16.6 Å². The number of nitro groups is 1. The number of benzene rings is 2. The third kappa shape index (κ3) is 4.95. The molecule has 0 saturated heterocycles. The molecule has 0 spiro atoms. The number of carbonyl (C=O) groups excluding carboxylic acids is 1. The van der Waals surface area contributed by atoms with E-state index in [0.29, 0.717) is 0 Å². The van der Waals surface area contributed by atoms with Crippen LogP contribution in [0.4, 0.5) is 16.2 Å². The first-order valence-electron chi connectivity index (χ1n) is 8.10. The molecule has 7 heteroatoms. The van der Waals surface area contributed by atoms with Gasteiger partial charge >= 0.3 is 11.8 Å². The molecule has 0 heterocycles. The van der Waals surface area contributed by atoms with E-state index in [0.717, 1.165) is 10.5 Å². The second kappa shape index (κ2) is 7.86. The van der Waals surface area contributed by atoms with E-state index in [2.05, 4.69) is 0 Å². The van der Waals surface area contributed by atoms with E-state index in [1.54, 1.807) is 26.8 Å². The van der Waals surface area contributed by atoms with Crippen molar-refractivity contribution in [3.8, 4) is 5.75 Å². The molecule has 0 saturated carbocycles. The molecule has 0 N–H and O–H groups in total. The summed E-state index contributed by atoms with van der Waals surface area (Å²) in [5.74, 6) is 0.0896. The van der Waals surface area contributed by atoms with Crippen LogP contribution in [0.5, 0.6) is 5.75 Å². The molecule has 2 rings (SSSR count). The van der Waals surface area contributed by atoms with Gasteiger partial charge in [-0.25, -0.2) is 4.79 Å². The lowest BCUT2D eigenvalue weighted by atomic mass is 10.2. The maximum absolute atomic E-state index is 12.3. The third-order valence-corrected chi connectivity index (χ3v) is 3.43. The number of nitro benzene ring substituents is 1. The van der Waals surface area contributed by atoms with Crippen molar-refractivity contribution in [3.05, 3.63) is 64.2 Å². The number of carbonyl (C=O) groups is 1. The molecule has 138 valence electrons. The number of para-hydroxylation sites is 1. The molecular formula is C19H22N2O5. The van der Waals surface area contributed by atoms with E-state index in [9.17, 15) is 14.9 Å². The second-order valence-corrected chi connectivity index (χ2v) is 6.69. The molecule has 0 bridgehead atoms. The fraction of sp³-hybridized carbons (Fsp3) is 0.316. The highest BCUT2D eigenvalue weighted by Gasteiger charge is 2.29. The molecule has 1 amide bonds. The quantitative estimate of drug-likeness (QED) is 0.579. The van der Waals surface area contributed by atoms with Crippen LogP contribution in [0.1, 0.15) is 26.3 Å². The summed E-state index contributed by atoms with van der Waals surface area (Å²) in [5.41, 5.74) is 0.000882. The van der Waals surface area contributed by atoms with Crippen molar-refractivity contribution in [2.75, 3.05) is 11.9 Å². The topological polar surface area (TPSA) is 81.9 Å². The molecule has 0 aromatic heterocycles. The average Bonchev–Trinajstić information content (AvgIpc) is 2.58. The molecule has 0 radical (unpaired) electrons. The lowest BCUT2D eigenvalue weighted by molar-refractivity contribution is -0.385. The van der Waals surface area contributed by atoms with E-state index in [4.69, 9.17) is 9.47 Å². The Morgan fingerprint density at radius 3 is 2.35 bits per heavy atom. The summed E-state index contributed by atoms with van der Waals surface area (Å²) in [6.45, 7) is 5.37. The fourth-order valence-electron chi connectivity index (χ4n) is 2.25. The van der Waals surface area contributed by atoms with E-state index in [1.165, 1.54) is 19.2 Å². The van der Waals surface area contributed by atoms with Gasteiger partial charge in [-0.1, -0.05) is 36.4 Å². The molecule has 2 aromatic carbocycles. The monoisotopic (exact) mass is 358 g/mol. The summed E-state index contributed by atoms with van der Waals surface area (Å²) < 4.78 is 10.9. The number of hydrogen-bond acceptors (Lipinski definition) is 5. The molecule has 0 aliphatic carbocycles. The predicted octanol–water partition coefficient (Wildman–Crippen LogP) is 4.55. The van der Waals surface area contributed by atoms with Crippen molar-refractivity contribution in [2.45, 2.75) is 33.0 Å². The van der Waals surface area contributed by atoms with Crippen LogP contribution in [-0.4, -0.2) is 23.7 Å². The third-order valence-electron chi connectivity index (χ3n) is 3.43. The number of anilines is 1. The average molecular weight is 358 g/mol. The zero-order valence-corrected chi connectivity index (χ0v) is 15.3. The zero-order valence-electron chi connectivity index (χ0n) is 15.3. The standard InChI is InChI=1S/C19H22N2O5/c1-19(2,3)26-18(22)20(4)15-11-8-12-16(17(15)21(23)24)25-13-14-9-6-5-7-10-14/h5-12H,13H2,1-4H3. The molecule has 2 aromatic rings. The zero-order chi connectivity index (χ0) is 19.3. The lowest BCUT2D eigenvalue weighted by Gasteiger charge is -2.24. The summed E-state index contributed by atoms with van der Waals surface area (Å²) in [6.07, 6.45) is -0.680. The van der Waals surface area contributed by atoms with Crippen molar-refractivity contribution in [2.24, 2.45) is 0 Å². The van der Waals surface area contributed by atoms with Gasteiger partial charge in [0.25, 0.3) is 0 Å². The Bertz CT molecular complexity index is 784. The molecule has 0 atom stereocenters. The first kappa shape index (κ1) is 19.2. The van der Waals surface area contributed by atoms with Gasteiger partial charge in [-0.3, -0.25) is 15.0 Å². The van der Waals surface area contributed by atoms with Crippen LogP contribution in [0, 0.1) is 10.1 Å². The minimum absolute atomic E-state index is 0.0896. The predicted molar refractivity (Wildman–Crippen MR) is 98.5 cm³/mol. The molecule has 0 aliphatic heterocycles. The van der Waals surface area contributed by atoms with Gasteiger partial charge in [-0.2, -0.15) is 0 Å². The summed E-state index contributed by atoms with van der Waals surface area (Å²) in [6, 6.07) is 13.9. The number of hydrogen-bond donors (Lipinski definition) is 0. The van der Waals surface area contributed by atoms with Crippen molar-refractivity contribution in [1.29, 1.82) is 0 Å². The Labute approximate surface area is 152 Å². The highest BCUT2D eigenvalue weighted by molar-refractivity contribution is 5.91. The van der Waals surface area contributed by atoms with Crippen LogP contribution in [0.3, 0.4) is 0 Å². The van der Waals surface area contributed by atoms with Crippen LogP contribution in [0.15, 0.2) is 48.5 Å². The first-order valence-corrected chi connectivity index (χ1v) is 8.10. The Morgan fingerprint density at radius 1 is 1.12 bits per heavy atom. The van der Waals surface area contributed by atoms with Gasteiger partial charge < -0.3 is 9.47 Å². The van der Waals surface area contributed by atoms with Crippen LogP contribution < -0.4 is 9.64 Å². The second-order valence-electron chi connectivity index (χ2n) is 6.69. The van der Waals surface area contributed by atoms with Crippen LogP contribution in [0.2, 0.25) is 0 Å². The fourth-order valence-corrected chi connectivity index (χ4v) is 2.25. The first-order chi connectivity index (χ1) is 12.2. The van der Waals surface area contributed by atoms with Crippen LogP contribution in [0.25, 0.3) is 0 Å². The molecule has 26 heavy (non-hydrogen) atoms. The Hall–Kier alpha value is -3.09. The Morgan fingerprint density at radius 2 is 1.77 bits per heavy atom. The van der Waals surface area contributed by atoms with Crippen LogP contribution >= 0.6 is 0 Å². The van der Waals surface area contributed by atoms with Gasteiger partial charge in [0.2, 0.25) is 0 Å². The van der Waals surface area contributed by atoms with Crippen LogP contribution in [-0.2, 0) is 11.3 Å². The van der Waals surface area contributed by atoms with Gasteiger partial charge in [0, 0.05) is 7.05 Å². The molecule has 0 aliphatic rings. The number of nitrogens with zero attached hydrogens (tertiary/aromatic N) is 2. The largest absolute Gasteiger partial charge is 0.482 e. The summed E-state index contributed by atoms with van der Waals surface area (Å²) >= 11 is 0. The number of rotatable bonds is 5. The lowest BCUT2D eigenvalue weighted by Crippen LogP contribution is -2.34. The Balaban J connectivity index is 2.29. The van der Waals surface area contributed by atoms with E-state index in [1.807, 2.05) is 30.3 Å². The summed E-state index contributed by atoms with van der Waals surface area (Å²) in [4.78, 5) is 24.4. The van der Waals surface area contributed by atoms with E-state index >= 15 is 0 Å². The SMILES string of the molecule is CN(C(=O)OC(C)(C)C)c1cccc(OCc2ccccc2)c1[N+](=O)[O-]. The van der Waals surface area contributed by atoms with Gasteiger partial charge in [0.1, 0.15) is 17.9 Å². The number of amides is 1. The number of ether oxygens (including phenoxy) is 2. The normalized spacial score (nSPS) is 10.9. The van der Waals surface area contributed by atoms with Gasteiger partial charge in [0.15, 0.2) is 5.75 Å². The van der Waals surface area contributed by atoms with Gasteiger partial charge in [-0.15, -0.1) is 0 Å². The Kier molecular flexibility index (Phi) is 5.82. The summed E-state index contributed by atoms with van der Waals surface area (Å²) in [7, 11) is 1.43. The van der Waals surface area contributed by atoms with Gasteiger partial charge in [-0.05, 0) is 38.5 Å². The smallest absolute Gasteiger partial charge is 0.414 e. The minimum Gasteiger partial charge on any atom is -0.482 e. The van der Waals surface area contributed by atoms with E-state index in [-0.39, 0.29) is 23.7 Å².